The Bertz CT molecular complexity index is 628. The summed E-state index contributed by atoms with van der Waals surface area (Å²) in [5, 5.41) is 8.67. The van der Waals surface area contributed by atoms with Crippen molar-refractivity contribution >= 4 is 5.97 Å². The zero-order valence-electron chi connectivity index (χ0n) is 14.1. The van der Waals surface area contributed by atoms with Gasteiger partial charge in [-0.15, -0.1) is 0 Å². The second kappa shape index (κ2) is 7.18. The number of hydrogen-bond acceptors (Lipinski definition) is 4. The molecule has 0 aliphatic carbocycles. The van der Waals surface area contributed by atoms with Crippen molar-refractivity contribution in [1.29, 1.82) is 0 Å². The summed E-state index contributed by atoms with van der Waals surface area (Å²) >= 11 is 0. The molecule has 0 spiro atoms. The number of benzene rings is 1. The quantitative estimate of drug-likeness (QED) is 0.424. The van der Waals surface area contributed by atoms with Gasteiger partial charge in [0.25, 0.3) is 0 Å². The minimum Gasteiger partial charge on any atom is -0.493 e. The first kappa shape index (κ1) is 16.6. The molecule has 0 radical (unpaired) electrons. The van der Waals surface area contributed by atoms with Crippen LogP contribution in [-0.2, 0) is 14.3 Å². The molecule has 3 fully saturated rings. The molecule has 134 valence electrons. The Balaban J connectivity index is 1.31. The van der Waals surface area contributed by atoms with E-state index in [1.54, 1.807) is 0 Å². The summed E-state index contributed by atoms with van der Waals surface area (Å²) in [7, 11) is 0. The number of carboxylic acids is 1. The van der Waals surface area contributed by atoms with Gasteiger partial charge in [-0.3, -0.25) is 4.79 Å². The summed E-state index contributed by atoms with van der Waals surface area (Å²) < 4.78 is 17.9. The highest BCUT2D eigenvalue weighted by molar-refractivity contribution is 5.66. The van der Waals surface area contributed by atoms with Gasteiger partial charge in [0.15, 0.2) is 0 Å². The Labute approximate surface area is 147 Å². The van der Waals surface area contributed by atoms with E-state index < -0.39 is 5.97 Å². The van der Waals surface area contributed by atoms with Crippen molar-refractivity contribution in [3.63, 3.8) is 0 Å². The lowest BCUT2D eigenvalue weighted by molar-refractivity contribution is -0.137. The number of fused-ring (bicyclic) bond motifs is 5. The number of epoxide rings is 1. The third-order valence-electron chi connectivity index (χ3n) is 5.44. The van der Waals surface area contributed by atoms with Crippen LogP contribution in [0.25, 0.3) is 0 Å². The minimum absolute atomic E-state index is 0.157. The molecule has 0 saturated carbocycles. The summed E-state index contributed by atoms with van der Waals surface area (Å²) in [6.45, 7) is 0.648. The number of carbonyl (C=O) groups is 1. The topological polar surface area (TPSA) is 68.3 Å². The zero-order chi connectivity index (χ0) is 17.2. The van der Waals surface area contributed by atoms with E-state index in [9.17, 15) is 4.79 Å². The lowest BCUT2D eigenvalue weighted by Gasteiger charge is -2.25. The number of hydrogen-bond donors (Lipinski definition) is 1. The molecule has 3 aliphatic heterocycles. The van der Waals surface area contributed by atoms with Crippen molar-refractivity contribution in [1.82, 2.24) is 0 Å². The van der Waals surface area contributed by atoms with Gasteiger partial charge in [0.1, 0.15) is 18.0 Å². The van der Waals surface area contributed by atoms with Crippen molar-refractivity contribution in [2.24, 2.45) is 11.8 Å². The summed E-state index contributed by atoms with van der Waals surface area (Å²) in [4.78, 5) is 10.5. The smallest absolute Gasteiger partial charge is 0.303 e. The molecule has 25 heavy (non-hydrogen) atoms. The fraction of sp³-hybridized carbons (Fsp3) is 0.550. The average Bonchev–Trinajstić information content (AvgIpc) is 3.24. The Morgan fingerprint density at radius 3 is 2.52 bits per heavy atom. The number of rotatable bonds is 9. The molecule has 4 rings (SSSR count). The van der Waals surface area contributed by atoms with Crippen molar-refractivity contribution in [2.45, 2.75) is 50.1 Å². The molecule has 1 aromatic rings. The summed E-state index contributed by atoms with van der Waals surface area (Å²) in [6.07, 6.45) is 7.81. The van der Waals surface area contributed by atoms with E-state index in [-0.39, 0.29) is 30.8 Å². The second-order valence-corrected chi connectivity index (χ2v) is 7.08. The highest BCUT2D eigenvalue weighted by Crippen LogP contribution is 2.54. The van der Waals surface area contributed by atoms with E-state index in [0.717, 1.165) is 18.6 Å². The standard InChI is InChI=1S/C20H24O5/c21-16(22)11-7-2-1-6-10-14-15(12-23-13-8-4-3-5-9-13)18-20-19(25-20)17(14)24-18/h1,3-6,8-9,14-15,17-20H,2,7,10-12H2,(H,21,22)/b6-1-/t14-,15+,17+,18-,19-,20+/m0/s1. The van der Waals surface area contributed by atoms with E-state index >= 15 is 0 Å². The normalized spacial score (nSPS) is 35.0. The highest BCUT2D eigenvalue weighted by atomic mass is 16.7. The molecule has 5 nitrogen and oxygen atoms in total. The predicted molar refractivity (Wildman–Crippen MR) is 91.5 cm³/mol. The van der Waals surface area contributed by atoms with Crippen LogP contribution in [0, 0.1) is 11.8 Å². The third-order valence-corrected chi connectivity index (χ3v) is 5.44. The van der Waals surface area contributed by atoms with Crippen LogP contribution in [-0.4, -0.2) is 42.1 Å². The van der Waals surface area contributed by atoms with E-state index in [0.29, 0.717) is 24.9 Å². The van der Waals surface area contributed by atoms with Gasteiger partial charge in [-0.2, -0.15) is 0 Å². The monoisotopic (exact) mass is 344 g/mol. The highest BCUT2D eigenvalue weighted by Gasteiger charge is 2.68. The van der Waals surface area contributed by atoms with Crippen LogP contribution in [0.1, 0.15) is 25.7 Å². The molecular formula is C20H24O5. The maximum atomic E-state index is 10.5. The molecule has 2 bridgehead atoms. The Morgan fingerprint density at radius 2 is 1.76 bits per heavy atom. The van der Waals surface area contributed by atoms with Crippen molar-refractivity contribution in [2.75, 3.05) is 6.61 Å². The number of aliphatic carboxylic acids is 1. The van der Waals surface area contributed by atoms with Crippen LogP contribution >= 0.6 is 0 Å². The van der Waals surface area contributed by atoms with Crippen LogP contribution in [0.2, 0.25) is 0 Å². The molecule has 1 aromatic carbocycles. The van der Waals surface area contributed by atoms with Crippen LogP contribution in [0.3, 0.4) is 0 Å². The van der Waals surface area contributed by atoms with Gasteiger partial charge in [0.2, 0.25) is 0 Å². The fourth-order valence-electron chi connectivity index (χ4n) is 4.16. The SMILES string of the molecule is O=C(O)CCC/C=C\C[C@H]1[C@@H](COc2ccccc2)[C@@H]2O[C@H]1[C@@H]1O[C@@H]12. The Kier molecular flexibility index (Phi) is 4.77. The molecule has 6 atom stereocenters. The molecule has 1 N–H and O–H groups in total. The van der Waals surface area contributed by atoms with Gasteiger partial charge < -0.3 is 19.3 Å². The van der Waals surface area contributed by atoms with Gasteiger partial charge in [-0.1, -0.05) is 30.4 Å². The van der Waals surface area contributed by atoms with Gasteiger partial charge in [-0.05, 0) is 37.3 Å². The number of carboxylic acid groups (broad SMARTS) is 1. The number of para-hydroxylation sites is 1. The Hall–Kier alpha value is -1.85. The summed E-state index contributed by atoms with van der Waals surface area (Å²) in [6, 6.07) is 9.88. The second-order valence-electron chi connectivity index (χ2n) is 7.08. The largest absolute Gasteiger partial charge is 0.493 e. The summed E-state index contributed by atoms with van der Waals surface area (Å²) in [5.74, 6) is 0.914. The fourth-order valence-corrected chi connectivity index (χ4v) is 4.16. The van der Waals surface area contributed by atoms with Crippen molar-refractivity contribution < 1.29 is 24.1 Å². The maximum absolute atomic E-state index is 10.5. The van der Waals surface area contributed by atoms with Crippen LogP contribution in [0.15, 0.2) is 42.5 Å². The van der Waals surface area contributed by atoms with Gasteiger partial charge in [0, 0.05) is 12.3 Å². The number of allylic oxidation sites excluding steroid dienone is 2. The summed E-state index contributed by atoms with van der Waals surface area (Å²) in [5.41, 5.74) is 0. The predicted octanol–water partition coefficient (Wildman–Crippen LogP) is 3.05. The van der Waals surface area contributed by atoms with Crippen molar-refractivity contribution in [3.05, 3.63) is 42.5 Å². The van der Waals surface area contributed by atoms with Crippen LogP contribution < -0.4 is 4.74 Å². The lowest BCUT2D eigenvalue weighted by Crippen LogP contribution is -2.36. The van der Waals surface area contributed by atoms with E-state index in [1.165, 1.54) is 0 Å². The minimum atomic E-state index is -0.732. The molecule has 3 heterocycles. The number of ether oxygens (including phenoxy) is 3. The lowest BCUT2D eigenvalue weighted by atomic mass is 9.78. The molecule has 0 aromatic heterocycles. The maximum Gasteiger partial charge on any atom is 0.303 e. The first-order chi connectivity index (χ1) is 12.2. The number of unbranched alkanes of at least 4 members (excludes halogenated alkanes) is 1. The first-order valence-corrected chi connectivity index (χ1v) is 9.09. The van der Waals surface area contributed by atoms with Gasteiger partial charge in [0.05, 0.1) is 18.8 Å². The average molecular weight is 344 g/mol. The zero-order valence-corrected chi connectivity index (χ0v) is 14.1. The molecule has 3 saturated heterocycles. The third kappa shape index (κ3) is 3.58. The van der Waals surface area contributed by atoms with Gasteiger partial charge in [-0.25, -0.2) is 0 Å². The van der Waals surface area contributed by atoms with Crippen molar-refractivity contribution in [3.8, 4) is 5.75 Å². The van der Waals surface area contributed by atoms with Crippen LogP contribution in [0.5, 0.6) is 5.75 Å². The molecular weight excluding hydrogens is 320 g/mol. The molecule has 5 heteroatoms. The van der Waals surface area contributed by atoms with Gasteiger partial charge >= 0.3 is 5.97 Å². The molecule has 0 amide bonds. The molecule has 0 unspecified atom stereocenters. The Morgan fingerprint density at radius 1 is 1.04 bits per heavy atom. The van der Waals surface area contributed by atoms with E-state index in [4.69, 9.17) is 19.3 Å². The first-order valence-electron chi connectivity index (χ1n) is 9.09. The van der Waals surface area contributed by atoms with E-state index in [2.05, 4.69) is 12.2 Å². The molecule has 3 aliphatic rings. The van der Waals surface area contributed by atoms with E-state index in [1.807, 2.05) is 30.3 Å². The van der Waals surface area contributed by atoms with Crippen LogP contribution in [0.4, 0.5) is 0 Å².